The summed E-state index contributed by atoms with van der Waals surface area (Å²) < 4.78 is 0. The van der Waals surface area contributed by atoms with E-state index < -0.39 is 0 Å². The predicted molar refractivity (Wildman–Crippen MR) is 143 cm³/mol. The lowest BCUT2D eigenvalue weighted by Gasteiger charge is -2.04. The van der Waals surface area contributed by atoms with E-state index in [1.807, 2.05) is 109 Å². The number of anilines is 1. The molecule has 0 bridgehead atoms. The fourth-order valence-corrected chi connectivity index (χ4v) is 3.26. The van der Waals surface area contributed by atoms with Crippen molar-refractivity contribution in [3.8, 4) is 0 Å². The van der Waals surface area contributed by atoms with Crippen LogP contribution in [-0.2, 0) is 13.1 Å². The fourth-order valence-electron chi connectivity index (χ4n) is 3.26. The number of nitrogens with zero attached hydrogens (tertiary/aromatic N) is 4. The van der Waals surface area contributed by atoms with Crippen LogP contribution in [0.3, 0.4) is 0 Å². The molecular weight excluding hydrogens is 434 g/mol. The Morgan fingerprint density at radius 3 is 1.51 bits per heavy atom. The summed E-state index contributed by atoms with van der Waals surface area (Å²) in [5.41, 5.74) is 20.6. The van der Waals surface area contributed by atoms with E-state index in [1.54, 1.807) is 0 Å². The largest absolute Gasteiger partial charge is 0.383 e. The highest BCUT2D eigenvalue weighted by Gasteiger charge is 2.01. The Labute approximate surface area is 204 Å². The van der Waals surface area contributed by atoms with Crippen molar-refractivity contribution >= 4 is 23.0 Å². The molecule has 0 atom stereocenters. The van der Waals surface area contributed by atoms with Gasteiger partial charge in [0.15, 0.2) is 0 Å². The Kier molecular flexibility index (Phi) is 7.95. The van der Waals surface area contributed by atoms with Crippen LogP contribution in [0.5, 0.6) is 0 Å². The summed E-state index contributed by atoms with van der Waals surface area (Å²) in [5, 5.41) is 8.27. The van der Waals surface area contributed by atoms with Crippen LogP contribution in [0.15, 0.2) is 130 Å². The lowest BCUT2D eigenvalue weighted by atomic mass is 10.2. The Hall–Kier alpha value is -4.78. The summed E-state index contributed by atoms with van der Waals surface area (Å²) in [4.78, 5) is 8.91. The van der Waals surface area contributed by atoms with Crippen molar-refractivity contribution < 1.29 is 0 Å². The third-order valence-electron chi connectivity index (χ3n) is 5.24. The Morgan fingerprint density at radius 1 is 0.571 bits per heavy atom. The van der Waals surface area contributed by atoms with Crippen LogP contribution in [0, 0.1) is 0 Å². The highest BCUT2D eigenvalue weighted by molar-refractivity contribution is 5.98. The first-order valence-corrected chi connectivity index (χ1v) is 11.2. The Morgan fingerprint density at radius 2 is 1.03 bits per heavy atom. The summed E-state index contributed by atoms with van der Waals surface area (Å²) in [7, 11) is 0. The van der Waals surface area contributed by atoms with Gasteiger partial charge in [-0.2, -0.15) is 0 Å². The summed E-state index contributed by atoms with van der Waals surface area (Å²) in [6, 6.07) is 35.0. The number of nitrogens with two attached hydrogens (primary N) is 2. The van der Waals surface area contributed by atoms with Crippen molar-refractivity contribution in [2.24, 2.45) is 31.8 Å². The van der Waals surface area contributed by atoms with Crippen LogP contribution in [-0.4, -0.2) is 11.7 Å². The minimum absolute atomic E-state index is 0.488. The smallest absolute Gasteiger partial charge is 0.125 e. The van der Waals surface area contributed by atoms with Gasteiger partial charge >= 0.3 is 0 Å². The lowest BCUT2D eigenvalue weighted by Crippen LogP contribution is -2.13. The van der Waals surface area contributed by atoms with Crippen LogP contribution >= 0.6 is 0 Å². The van der Waals surface area contributed by atoms with E-state index in [9.17, 15) is 0 Å². The molecule has 174 valence electrons. The van der Waals surface area contributed by atoms with Gasteiger partial charge in [-0.05, 0) is 59.7 Å². The average molecular weight is 462 g/mol. The molecule has 0 aromatic heterocycles. The molecule has 0 unspecified atom stereocenters. The van der Waals surface area contributed by atoms with Crippen LogP contribution in [0.4, 0.5) is 11.4 Å². The molecule has 0 radical (unpaired) electrons. The number of nitrogens with one attached hydrogen (secondary N) is 1. The van der Waals surface area contributed by atoms with Crippen molar-refractivity contribution in [3.05, 3.63) is 131 Å². The summed E-state index contributed by atoms with van der Waals surface area (Å²) >= 11 is 0. The molecule has 35 heavy (non-hydrogen) atoms. The standard InChI is InChI=1S/C28H27N7/c29-27(31-19-21-7-3-1-4-8-21)23-11-15-25(16-12-23)33-35-34-26-17-13-24(14-18-26)28(30)32-20-22-9-5-2-6-10-22/h1-18H,19-20H2,(H2,29,31)(H2,30,32)(H,33,34). The van der Waals surface area contributed by atoms with E-state index in [0.29, 0.717) is 30.4 Å². The Bertz CT molecular complexity index is 1300. The van der Waals surface area contributed by atoms with Gasteiger partial charge in [-0.25, -0.2) is 0 Å². The molecule has 7 nitrogen and oxygen atoms in total. The lowest BCUT2D eigenvalue weighted by molar-refractivity contribution is 1.06. The first-order valence-electron chi connectivity index (χ1n) is 11.2. The predicted octanol–water partition coefficient (Wildman–Crippen LogP) is 5.61. The number of rotatable bonds is 9. The molecule has 5 N–H and O–H groups in total. The molecule has 4 rings (SSSR count). The molecule has 4 aromatic rings. The van der Waals surface area contributed by atoms with Gasteiger partial charge in [-0.15, -0.1) is 5.11 Å². The van der Waals surface area contributed by atoms with Crippen molar-refractivity contribution in [1.29, 1.82) is 0 Å². The second kappa shape index (κ2) is 11.9. The number of benzene rings is 4. The Balaban J connectivity index is 1.29. The normalized spacial score (nSPS) is 12.1. The van der Waals surface area contributed by atoms with Gasteiger partial charge in [0, 0.05) is 11.1 Å². The summed E-state index contributed by atoms with van der Waals surface area (Å²) in [6.45, 7) is 1.09. The number of aliphatic imine (C=N–C) groups is 2. The molecule has 0 saturated carbocycles. The second-order valence-electron chi connectivity index (χ2n) is 7.81. The zero-order chi connectivity index (χ0) is 24.3. The van der Waals surface area contributed by atoms with Crippen LogP contribution in [0.1, 0.15) is 22.3 Å². The van der Waals surface area contributed by atoms with E-state index in [1.165, 1.54) is 0 Å². The fraction of sp³-hybridized carbons (Fsp3) is 0.0714. The maximum Gasteiger partial charge on any atom is 0.125 e. The van der Waals surface area contributed by atoms with Crippen LogP contribution in [0.2, 0.25) is 0 Å². The molecule has 0 spiro atoms. The monoisotopic (exact) mass is 461 g/mol. The number of hydrogen-bond donors (Lipinski definition) is 3. The van der Waals surface area contributed by atoms with Gasteiger partial charge in [0.1, 0.15) is 11.7 Å². The molecule has 0 aliphatic rings. The zero-order valence-corrected chi connectivity index (χ0v) is 19.3. The second-order valence-corrected chi connectivity index (χ2v) is 7.81. The third kappa shape index (κ3) is 7.10. The van der Waals surface area contributed by atoms with Gasteiger partial charge in [0.05, 0.1) is 24.5 Å². The van der Waals surface area contributed by atoms with Crippen molar-refractivity contribution in [2.45, 2.75) is 13.1 Å². The van der Waals surface area contributed by atoms with Gasteiger partial charge in [-0.1, -0.05) is 65.9 Å². The maximum absolute atomic E-state index is 6.12. The minimum atomic E-state index is 0.488. The molecule has 0 saturated heterocycles. The zero-order valence-electron chi connectivity index (χ0n) is 19.3. The molecule has 0 fully saturated rings. The molecule has 0 aliphatic heterocycles. The van der Waals surface area contributed by atoms with Crippen LogP contribution in [0.25, 0.3) is 0 Å². The number of amidine groups is 2. The molecule has 7 heteroatoms. The summed E-state index contributed by atoms with van der Waals surface area (Å²) in [6.07, 6.45) is 0. The maximum atomic E-state index is 6.12. The molecule has 4 aromatic carbocycles. The quantitative estimate of drug-likeness (QED) is 0.130. The molecule has 0 heterocycles. The van der Waals surface area contributed by atoms with E-state index in [2.05, 4.69) is 25.7 Å². The van der Waals surface area contributed by atoms with Gasteiger partial charge in [0.25, 0.3) is 0 Å². The van der Waals surface area contributed by atoms with E-state index in [0.717, 1.165) is 27.9 Å². The molecular formula is C28H27N7. The van der Waals surface area contributed by atoms with Gasteiger partial charge in [0.2, 0.25) is 0 Å². The van der Waals surface area contributed by atoms with Gasteiger partial charge in [-0.3, -0.25) is 15.4 Å². The highest BCUT2D eigenvalue weighted by Crippen LogP contribution is 2.15. The minimum Gasteiger partial charge on any atom is -0.383 e. The first-order chi connectivity index (χ1) is 17.2. The third-order valence-corrected chi connectivity index (χ3v) is 5.24. The summed E-state index contributed by atoms with van der Waals surface area (Å²) in [5.74, 6) is 0.982. The van der Waals surface area contributed by atoms with Gasteiger partial charge < -0.3 is 11.5 Å². The van der Waals surface area contributed by atoms with Crippen molar-refractivity contribution in [2.75, 3.05) is 5.43 Å². The van der Waals surface area contributed by atoms with Crippen molar-refractivity contribution in [1.82, 2.24) is 0 Å². The topological polar surface area (TPSA) is 114 Å². The van der Waals surface area contributed by atoms with E-state index in [4.69, 9.17) is 11.5 Å². The van der Waals surface area contributed by atoms with E-state index >= 15 is 0 Å². The SMILES string of the molecule is NC(=NCc1ccccc1)c1ccc(N=NNc2ccc(C(N)=NCc3ccccc3)cc2)cc1. The molecule has 0 aliphatic carbocycles. The number of hydrogen-bond acceptors (Lipinski definition) is 4. The average Bonchev–Trinajstić information content (AvgIpc) is 2.92. The van der Waals surface area contributed by atoms with Crippen LogP contribution < -0.4 is 16.9 Å². The van der Waals surface area contributed by atoms with E-state index in [-0.39, 0.29) is 0 Å². The highest BCUT2D eigenvalue weighted by atomic mass is 15.4. The molecule has 0 amide bonds. The first kappa shape index (κ1) is 23.4. The van der Waals surface area contributed by atoms with Crippen molar-refractivity contribution in [3.63, 3.8) is 0 Å².